The predicted molar refractivity (Wildman–Crippen MR) is 143 cm³/mol. The van der Waals surface area contributed by atoms with Crippen LogP contribution in [0.25, 0.3) is 11.0 Å². The van der Waals surface area contributed by atoms with Crippen molar-refractivity contribution < 1.29 is 9.59 Å². The molecule has 1 aliphatic rings. The van der Waals surface area contributed by atoms with Crippen molar-refractivity contribution >= 4 is 34.6 Å². The third-order valence-corrected chi connectivity index (χ3v) is 7.26. The van der Waals surface area contributed by atoms with Crippen LogP contribution in [0.5, 0.6) is 0 Å². The quantitative estimate of drug-likeness (QED) is 0.359. The molecule has 0 saturated carbocycles. The summed E-state index contributed by atoms with van der Waals surface area (Å²) < 4.78 is 0. The minimum absolute atomic E-state index is 0.00610. The largest absolute Gasteiger partial charge is 0.351 e. The molecular formula is C28H29N5O2S. The lowest BCUT2D eigenvalue weighted by molar-refractivity contribution is -0.122. The topological polar surface area (TPSA) is 81.3 Å². The Morgan fingerprint density at radius 3 is 2.42 bits per heavy atom. The number of thioether (sulfide) groups is 1. The van der Waals surface area contributed by atoms with E-state index in [2.05, 4.69) is 20.2 Å². The fourth-order valence-electron chi connectivity index (χ4n) is 4.33. The van der Waals surface area contributed by atoms with Gasteiger partial charge in [0.05, 0.1) is 17.6 Å². The van der Waals surface area contributed by atoms with E-state index < -0.39 is 0 Å². The number of benzene rings is 3. The molecule has 0 unspecified atom stereocenters. The Kier molecular flexibility index (Phi) is 7.64. The maximum Gasteiger partial charge on any atom is 0.254 e. The van der Waals surface area contributed by atoms with Gasteiger partial charge in [0.15, 0.2) is 5.16 Å². The monoisotopic (exact) mass is 499 g/mol. The third-order valence-electron chi connectivity index (χ3n) is 6.34. The molecule has 1 aliphatic heterocycles. The lowest BCUT2D eigenvalue weighted by Crippen LogP contribution is -2.51. The summed E-state index contributed by atoms with van der Waals surface area (Å²) in [6, 6.07) is 25.6. The molecule has 0 spiro atoms. The molecule has 1 fully saturated rings. The Labute approximate surface area is 214 Å². The summed E-state index contributed by atoms with van der Waals surface area (Å²) in [5, 5.41) is 3.82. The molecule has 4 aromatic rings. The minimum atomic E-state index is 0.00610. The van der Waals surface area contributed by atoms with E-state index in [0.717, 1.165) is 32.9 Å². The summed E-state index contributed by atoms with van der Waals surface area (Å²) >= 11 is 1.60. The van der Waals surface area contributed by atoms with Gasteiger partial charge in [0.2, 0.25) is 5.91 Å². The molecule has 0 atom stereocenters. The highest BCUT2D eigenvalue weighted by atomic mass is 32.2. The Hall–Kier alpha value is -3.62. The zero-order valence-corrected chi connectivity index (χ0v) is 20.8. The minimum Gasteiger partial charge on any atom is -0.351 e. The summed E-state index contributed by atoms with van der Waals surface area (Å²) in [5.41, 5.74) is 4.76. The summed E-state index contributed by atoms with van der Waals surface area (Å²) in [7, 11) is 0. The zero-order chi connectivity index (χ0) is 24.7. The van der Waals surface area contributed by atoms with E-state index in [1.54, 1.807) is 11.8 Å². The first-order chi connectivity index (χ1) is 17.7. The molecule has 0 radical (unpaired) electrons. The SMILES string of the molecule is O=C(CN1CCN(C(=O)c2ccccc2CSc2nc3ccccc3[nH]2)CC1)NCc1ccccc1. The number of aromatic amines is 1. The maximum absolute atomic E-state index is 13.4. The second kappa shape index (κ2) is 11.4. The van der Waals surface area contributed by atoms with Crippen LogP contribution in [0, 0.1) is 0 Å². The van der Waals surface area contributed by atoms with Crippen LogP contribution in [-0.4, -0.2) is 64.3 Å². The van der Waals surface area contributed by atoms with Crippen molar-refractivity contribution in [1.29, 1.82) is 0 Å². The van der Waals surface area contributed by atoms with E-state index in [9.17, 15) is 9.59 Å². The van der Waals surface area contributed by atoms with Gasteiger partial charge in [0.1, 0.15) is 0 Å². The molecule has 7 nitrogen and oxygen atoms in total. The number of aromatic nitrogens is 2. The number of imidazole rings is 1. The first kappa shape index (κ1) is 24.1. The van der Waals surface area contributed by atoms with Crippen LogP contribution >= 0.6 is 11.8 Å². The molecule has 8 heteroatoms. The molecule has 36 heavy (non-hydrogen) atoms. The molecule has 1 saturated heterocycles. The van der Waals surface area contributed by atoms with E-state index in [4.69, 9.17) is 0 Å². The number of carbonyl (C=O) groups is 2. The molecule has 5 rings (SSSR count). The van der Waals surface area contributed by atoms with Gasteiger partial charge in [-0.05, 0) is 29.3 Å². The van der Waals surface area contributed by atoms with Gasteiger partial charge in [-0.2, -0.15) is 0 Å². The summed E-state index contributed by atoms with van der Waals surface area (Å²) in [4.78, 5) is 37.7. The molecular weight excluding hydrogens is 470 g/mol. The number of hydrogen-bond acceptors (Lipinski definition) is 5. The Bertz CT molecular complexity index is 1300. The highest BCUT2D eigenvalue weighted by Gasteiger charge is 2.24. The van der Waals surface area contributed by atoms with Crippen molar-refractivity contribution in [2.45, 2.75) is 17.5 Å². The van der Waals surface area contributed by atoms with E-state index >= 15 is 0 Å². The average molecular weight is 500 g/mol. The van der Waals surface area contributed by atoms with Gasteiger partial charge >= 0.3 is 0 Å². The van der Waals surface area contributed by atoms with Crippen molar-refractivity contribution in [2.24, 2.45) is 0 Å². The van der Waals surface area contributed by atoms with Crippen LogP contribution in [0.4, 0.5) is 0 Å². The van der Waals surface area contributed by atoms with E-state index in [1.807, 2.05) is 83.8 Å². The summed E-state index contributed by atoms with van der Waals surface area (Å²) in [5.74, 6) is 0.707. The molecule has 0 bridgehead atoms. The fraction of sp³-hybridized carbons (Fsp3) is 0.250. The number of nitrogens with zero attached hydrogens (tertiary/aromatic N) is 3. The number of fused-ring (bicyclic) bond motifs is 1. The first-order valence-corrected chi connectivity index (χ1v) is 13.1. The van der Waals surface area contributed by atoms with Gasteiger partial charge in [-0.3, -0.25) is 14.5 Å². The van der Waals surface area contributed by atoms with Gasteiger partial charge in [0.25, 0.3) is 5.91 Å². The Morgan fingerprint density at radius 1 is 0.889 bits per heavy atom. The second-order valence-electron chi connectivity index (χ2n) is 8.84. The summed E-state index contributed by atoms with van der Waals surface area (Å²) in [6.07, 6.45) is 0. The van der Waals surface area contributed by atoms with Gasteiger partial charge in [-0.1, -0.05) is 72.4 Å². The van der Waals surface area contributed by atoms with Crippen molar-refractivity contribution in [3.05, 3.63) is 95.6 Å². The lowest BCUT2D eigenvalue weighted by Gasteiger charge is -2.34. The number of para-hydroxylation sites is 2. The number of piperazine rings is 1. The molecule has 1 aromatic heterocycles. The van der Waals surface area contributed by atoms with Crippen LogP contribution < -0.4 is 5.32 Å². The predicted octanol–water partition coefficient (Wildman–Crippen LogP) is 3.93. The zero-order valence-electron chi connectivity index (χ0n) is 20.0. The van der Waals surface area contributed by atoms with Crippen molar-refractivity contribution in [3.63, 3.8) is 0 Å². The molecule has 2 heterocycles. The number of nitrogens with one attached hydrogen (secondary N) is 2. The summed E-state index contributed by atoms with van der Waals surface area (Å²) in [6.45, 7) is 3.45. The van der Waals surface area contributed by atoms with Crippen LogP contribution in [-0.2, 0) is 17.1 Å². The van der Waals surface area contributed by atoms with Crippen LogP contribution in [0.3, 0.4) is 0 Å². The van der Waals surface area contributed by atoms with E-state index in [1.165, 1.54) is 0 Å². The van der Waals surface area contributed by atoms with Gasteiger partial charge in [-0.15, -0.1) is 0 Å². The standard InChI is InChI=1S/C28H29N5O2S/c34-26(29-18-21-8-2-1-3-9-21)19-32-14-16-33(17-15-32)27(35)23-11-5-4-10-22(23)20-36-28-30-24-12-6-7-13-25(24)31-28/h1-13H,14-20H2,(H,29,34)(H,30,31). The molecule has 2 N–H and O–H groups in total. The number of hydrogen-bond donors (Lipinski definition) is 2. The van der Waals surface area contributed by atoms with Crippen LogP contribution in [0.1, 0.15) is 21.5 Å². The fourth-order valence-corrected chi connectivity index (χ4v) is 5.22. The average Bonchev–Trinajstić information content (AvgIpc) is 3.35. The number of amides is 2. The van der Waals surface area contributed by atoms with Gasteiger partial charge < -0.3 is 15.2 Å². The normalized spacial score (nSPS) is 14.2. The number of H-pyrrole nitrogens is 1. The molecule has 2 amide bonds. The van der Waals surface area contributed by atoms with Gasteiger partial charge in [-0.25, -0.2) is 4.98 Å². The van der Waals surface area contributed by atoms with Crippen molar-refractivity contribution in [3.8, 4) is 0 Å². The molecule has 3 aromatic carbocycles. The highest BCUT2D eigenvalue weighted by molar-refractivity contribution is 7.98. The molecule has 0 aliphatic carbocycles. The lowest BCUT2D eigenvalue weighted by atomic mass is 10.1. The molecule has 184 valence electrons. The van der Waals surface area contributed by atoms with Crippen LogP contribution in [0.2, 0.25) is 0 Å². The van der Waals surface area contributed by atoms with Crippen molar-refractivity contribution in [2.75, 3.05) is 32.7 Å². The number of rotatable bonds is 8. The highest BCUT2D eigenvalue weighted by Crippen LogP contribution is 2.25. The first-order valence-electron chi connectivity index (χ1n) is 12.1. The number of carbonyl (C=O) groups excluding carboxylic acids is 2. The Morgan fingerprint density at radius 2 is 1.61 bits per heavy atom. The van der Waals surface area contributed by atoms with E-state index in [0.29, 0.717) is 45.0 Å². The smallest absolute Gasteiger partial charge is 0.254 e. The van der Waals surface area contributed by atoms with Crippen LogP contribution in [0.15, 0.2) is 84.0 Å². The maximum atomic E-state index is 13.4. The van der Waals surface area contributed by atoms with E-state index in [-0.39, 0.29) is 11.8 Å². The van der Waals surface area contributed by atoms with Gasteiger partial charge in [0, 0.05) is 44.0 Å². The van der Waals surface area contributed by atoms with Crippen molar-refractivity contribution in [1.82, 2.24) is 25.1 Å². The second-order valence-corrected chi connectivity index (χ2v) is 9.80. The third kappa shape index (κ3) is 5.95. The Balaban J connectivity index is 1.13.